The zero-order valence-electron chi connectivity index (χ0n) is 9.95. The molecule has 0 amide bonds. The maximum atomic E-state index is 12.2. The first-order valence-electron chi connectivity index (χ1n) is 4.91. The number of hydrogen-bond donors (Lipinski definition) is 2. The molecule has 2 N–H and O–H groups in total. The summed E-state index contributed by atoms with van der Waals surface area (Å²) in [6.07, 6.45) is -1.61. The van der Waals surface area contributed by atoms with Crippen LogP contribution in [0.15, 0.2) is 17.4 Å². The third kappa shape index (κ3) is 5.56. The SMILES string of the molecule is CN=C(NC)NCc1nccn1CC(F)(F)F.I. The lowest BCUT2D eigenvalue weighted by Crippen LogP contribution is -2.35. The lowest BCUT2D eigenvalue weighted by Gasteiger charge is -2.12. The molecule has 9 heteroatoms. The molecule has 1 rings (SSSR count). The summed E-state index contributed by atoms with van der Waals surface area (Å²) < 4.78 is 37.7. The fourth-order valence-electron chi connectivity index (χ4n) is 1.29. The third-order valence-corrected chi connectivity index (χ3v) is 2.03. The molecule has 0 fully saturated rings. The number of hydrogen-bond acceptors (Lipinski definition) is 2. The van der Waals surface area contributed by atoms with Gasteiger partial charge in [0.15, 0.2) is 5.96 Å². The van der Waals surface area contributed by atoms with E-state index in [1.54, 1.807) is 14.1 Å². The zero-order chi connectivity index (χ0) is 12.9. The molecule has 0 unspecified atom stereocenters. The molecule has 0 saturated carbocycles. The zero-order valence-corrected chi connectivity index (χ0v) is 12.3. The summed E-state index contributed by atoms with van der Waals surface area (Å²) in [7, 11) is 3.23. The van der Waals surface area contributed by atoms with Crippen LogP contribution in [0.3, 0.4) is 0 Å². The second kappa shape index (κ2) is 7.44. The Kier molecular flexibility index (Phi) is 7.02. The molecule has 0 aliphatic heterocycles. The maximum absolute atomic E-state index is 12.2. The van der Waals surface area contributed by atoms with Crippen LogP contribution in [0.2, 0.25) is 0 Å². The Labute approximate surface area is 120 Å². The van der Waals surface area contributed by atoms with E-state index in [2.05, 4.69) is 20.6 Å². The third-order valence-electron chi connectivity index (χ3n) is 2.03. The van der Waals surface area contributed by atoms with Crippen LogP contribution >= 0.6 is 24.0 Å². The number of nitrogens with one attached hydrogen (secondary N) is 2. The van der Waals surface area contributed by atoms with E-state index in [-0.39, 0.29) is 30.5 Å². The van der Waals surface area contributed by atoms with Gasteiger partial charge in [0.25, 0.3) is 0 Å². The Balaban J connectivity index is 0.00000289. The number of rotatable bonds is 3. The minimum Gasteiger partial charge on any atom is -0.359 e. The van der Waals surface area contributed by atoms with Crippen molar-refractivity contribution in [1.29, 1.82) is 0 Å². The van der Waals surface area contributed by atoms with Gasteiger partial charge in [-0.1, -0.05) is 0 Å². The smallest absolute Gasteiger partial charge is 0.359 e. The number of halogens is 4. The van der Waals surface area contributed by atoms with Gasteiger partial charge >= 0.3 is 6.18 Å². The fourth-order valence-corrected chi connectivity index (χ4v) is 1.29. The second-order valence-electron chi connectivity index (χ2n) is 3.26. The molecule has 0 bridgehead atoms. The van der Waals surface area contributed by atoms with Crippen LogP contribution < -0.4 is 10.6 Å². The van der Waals surface area contributed by atoms with Gasteiger partial charge in [0.2, 0.25) is 0 Å². The highest BCUT2D eigenvalue weighted by molar-refractivity contribution is 14.0. The van der Waals surface area contributed by atoms with E-state index in [0.29, 0.717) is 11.8 Å². The number of guanidine groups is 1. The summed E-state index contributed by atoms with van der Waals surface area (Å²) in [4.78, 5) is 7.70. The highest BCUT2D eigenvalue weighted by Gasteiger charge is 2.28. The Morgan fingerprint density at radius 1 is 1.50 bits per heavy atom. The van der Waals surface area contributed by atoms with E-state index in [9.17, 15) is 13.2 Å². The molecular weight excluding hydrogens is 362 g/mol. The van der Waals surface area contributed by atoms with Crippen molar-refractivity contribution in [2.45, 2.75) is 19.3 Å². The van der Waals surface area contributed by atoms with Gasteiger partial charge in [-0.25, -0.2) is 4.98 Å². The van der Waals surface area contributed by atoms with Crippen molar-refractivity contribution in [2.24, 2.45) is 4.99 Å². The van der Waals surface area contributed by atoms with Crippen LogP contribution in [0.25, 0.3) is 0 Å². The average Bonchev–Trinajstić information content (AvgIpc) is 2.65. The average molecular weight is 377 g/mol. The van der Waals surface area contributed by atoms with Gasteiger partial charge in [-0.2, -0.15) is 13.2 Å². The summed E-state index contributed by atoms with van der Waals surface area (Å²) in [5.41, 5.74) is 0. The van der Waals surface area contributed by atoms with Gasteiger partial charge in [-0.15, -0.1) is 24.0 Å². The van der Waals surface area contributed by atoms with Crippen molar-refractivity contribution in [3.05, 3.63) is 18.2 Å². The van der Waals surface area contributed by atoms with E-state index in [1.165, 1.54) is 12.4 Å². The van der Waals surface area contributed by atoms with Gasteiger partial charge in [-0.05, 0) is 0 Å². The van der Waals surface area contributed by atoms with Crippen LogP contribution in [0, 0.1) is 0 Å². The molecule has 0 aliphatic carbocycles. The first kappa shape index (κ1) is 17.0. The van der Waals surface area contributed by atoms with Crippen molar-refractivity contribution >= 4 is 29.9 Å². The number of nitrogens with zero attached hydrogens (tertiary/aromatic N) is 3. The minimum absolute atomic E-state index is 0. The predicted molar refractivity (Wildman–Crippen MR) is 73.0 cm³/mol. The second-order valence-corrected chi connectivity index (χ2v) is 3.26. The summed E-state index contributed by atoms with van der Waals surface area (Å²) in [5.74, 6) is 0.797. The molecule has 0 saturated heterocycles. The highest BCUT2D eigenvalue weighted by Crippen LogP contribution is 2.18. The molecule has 0 radical (unpaired) electrons. The Hall–Kier alpha value is -1.00. The monoisotopic (exact) mass is 377 g/mol. The summed E-state index contributed by atoms with van der Waals surface area (Å²) >= 11 is 0. The van der Waals surface area contributed by atoms with E-state index in [1.807, 2.05) is 0 Å². The quantitative estimate of drug-likeness (QED) is 0.475. The molecular formula is C9H15F3IN5. The van der Waals surface area contributed by atoms with E-state index in [4.69, 9.17) is 0 Å². The molecule has 5 nitrogen and oxygen atoms in total. The molecule has 0 atom stereocenters. The lowest BCUT2D eigenvalue weighted by molar-refractivity contribution is -0.141. The predicted octanol–water partition coefficient (Wildman–Crippen LogP) is 1.36. The van der Waals surface area contributed by atoms with Crippen LogP contribution in [0.4, 0.5) is 13.2 Å². The summed E-state index contributed by atoms with van der Waals surface area (Å²) in [6.45, 7) is -0.862. The number of aromatic nitrogens is 2. The molecule has 1 aromatic heterocycles. The van der Waals surface area contributed by atoms with Crippen LogP contribution in [-0.2, 0) is 13.1 Å². The highest BCUT2D eigenvalue weighted by atomic mass is 127. The van der Waals surface area contributed by atoms with E-state index in [0.717, 1.165) is 4.57 Å². The normalized spacial score (nSPS) is 11.9. The topological polar surface area (TPSA) is 54.2 Å². The van der Waals surface area contributed by atoms with E-state index < -0.39 is 12.7 Å². The van der Waals surface area contributed by atoms with Crippen molar-refractivity contribution in [3.63, 3.8) is 0 Å². The molecule has 0 spiro atoms. The van der Waals surface area contributed by atoms with Crippen LogP contribution in [0.5, 0.6) is 0 Å². The van der Waals surface area contributed by atoms with Crippen molar-refractivity contribution in [1.82, 2.24) is 20.2 Å². The largest absolute Gasteiger partial charge is 0.406 e. The number of aliphatic imine (C=N–C) groups is 1. The fraction of sp³-hybridized carbons (Fsp3) is 0.556. The standard InChI is InChI=1S/C9H14F3N5.HI/c1-13-8(14-2)16-5-7-15-3-4-17(7)6-9(10,11)12;/h3-4H,5-6H2,1-2H3,(H2,13,14,16);1H. The summed E-state index contributed by atoms with van der Waals surface area (Å²) in [6, 6.07) is 0. The maximum Gasteiger partial charge on any atom is 0.406 e. The van der Waals surface area contributed by atoms with Crippen LogP contribution in [-0.4, -0.2) is 35.8 Å². The van der Waals surface area contributed by atoms with Gasteiger partial charge in [0.1, 0.15) is 12.4 Å². The molecule has 0 aromatic carbocycles. The number of alkyl halides is 3. The molecule has 0 aliphatic rings. The van der Waals surface area contributed by atoms with Crippen LogP contribution in [0.1, 0.15) is 5.82 Å². The van der Waals surface area contributed by atoms with Gasteiger partial charge in [-0.3, -0.25) is 4.99 Å². The summed E-state index contributed by atoms with van der Waals surface area (Å²) in [5, 5.41) is 5.60. The van der Waals surface area contributed by atoms with Crippen molar-refractivity contribution < 1.29 is 13.2 Å². The van der Waals surface area contributed by atoms with Gasteiger partial charge < -0.3 is 15.2 Å². The number of imidazole rings is 1. The molecule has 1 heterocycles. The first-order valence-corrected chi connectivity index (χ1v) is 4.91. The lowest BCUT2D eigenvalue weighted by atomic mass is 10.5. The Morgan fingerprint density at radius 3 is 2.67 bits per heavy atom. The minimum atomic E-state index is -4.25. The Bertz CT molecular complexity index is 388. The molecule has 18 heavy (non-hydrogen) atoms. The van der Waals surface area contributed by atoms with E-state index >= 15 is 0 Å². The molecule has 1 aromatic rings. The van der Waals surface area contributed by atoms with Crippen molar-refractivity contribution in [3.8, 4) is 0 Å². The molecule has 104 valence electrons. The van der Waals surface area contributed by atoms with Crippen molar-refractivity contribution in [2.75, 3.05) is 14.1 Å². The first-order chi connectivity index (χ1) is 7.96. The van der Waals surface area contributed by atoms with Gasteiger partial charge in [0.05, 0.1) is 6.54 Å². The Morgan fingerprint density at radius 2 is 2.17 bits per heavy atom. The van der Waals surface area contributed by atoms with Gasteiger partial charge in [0, 0.05) is 26.5 Å².